The molecule has 0 radical (unpaired) electrons. The van der Waals surface area contributed by atoms with Crippen LogP contribution in [0.15, 0.2) is 12.2 Å². The molecule has 5 heteroatoms. The van der Waals surface area contributed by atoms with Crippen molar-refractivity contribution < 1.29 is 20.1 Å². The number of aliphatic hydroxyl groups excluding tert-OH is 3. The smallest absolute Gasteiger partial charge is 0.249 e. The highest BCUT2D eigenvalue weighted by molar-refractivity contribution is 5.80. The van der Waals surface area contributed by atoms with Gasteiger partial charge in [-0.05, 0) is 38.5 Å². The molecule has 0 aromatic heterocycles. The van der Waals surface area contributed by atoms with E-state index in [-0.39, 0.29) is 6.61 Å². The van der Waals surface area contributed by atoms with Gasteiger partial charge in [0.05, 0.1) is 18.8 Å². The number of hydrogen-bond donors (Lipinski definition) is 4. The summed E-state index contributed by atoms with van der Waals surface area (Å²) in [6.07, 6.45) is 55.3. The summed E-state index contributed by atoms with van der Waals surface area (Å²) in [6, 6.07) is -0.708. The van der Waals surface area contributed by atoms with Crippen LogP contribution in [0.2, 0.25) is 0 Å². The fraction of sp³-hybridized carbons (Fsp3) is 0.940. The molecule has 0 aromatic carbocycles. The zero-order valence-corrected chi connectivity index (χ0v) is 37.3. The number of allylic oxidation sites excluding steroid dienone is 2. The molecule has 0 bridgehead atoms. The van der Waals surface area contributed by atoms with E-state index < -0.39 is 24.2 Å². The lowest BCUT2D eigenvalue weighted by molar-refractivity contribution is -0.131. The predicted octanol–water partition coefficient (Wildman–Crippen LogP) is 14.8. The van der Waals surface area contributed by atoms with Gasteiger partial charge in [0.2, 0.25) is 5.91 Å². The van der Waals surface area contributed by atoms with Crippen molar-refractivity contribution >= 4 is 5.91 Å². The van der Waals surface area contributed by atoms with Crippen molar-refractivity contribution in [2.45, 2.75) is 295 Å². The van der Waals surface area contributed by atoms with Crippen LogP contribution in [0.1, 0.15) is 277 Å². The number of aliphatic hydroxyl groups is 3. The van der Waals surface area contributed by atoms with Gasteiger partial charge in [-0.1, -0.05) is 251 Å². The first-order valence-electron chi connectivity index (χ1n) is 25.0. The Labute approximate surface area is 344 Å². The highest BCUT2D eigenvalue weighted by Crippen LogP contribution is 2.17. The van der Waals surface area contributed by atoms with Gasteiger partial charge in [-0.25, -0.2) is 0 Å². The molecule has 0 aromatic rings. The third-order valence-corrected chi connectivity index (χ3v) is 11.9. The Balaban J connectivity index is 3.49. The summed E-state index contributed by atoms with van der Waals surface area (Å²) in [4.78, 5) is 12.5. The molecule has 4 N–H and O–H groups in total. The average Bonchev–Trinajstić information content (AvgIpc) is 3.19. The van der Waals surface area contributed by atoms with Gasteiger partial charge in [-0.15, -0.1) is 0 Å². The second-order valence-corrected chi connectivity index (χ2v) is 17.4. The van der Waals surface area contributed by atoms with E-state index in [4.69, 9.17) is 0 Å². The van der Waals surface area contributed by atoms with Crippen molar-refractivity contribution in [2.75, 3.05) is 6.61 Å². The molecular weight excluding hydrogens is 679 g/mol. The van der Waals surface area contributed by atoms with Crippen LogP contribution in [0.4, 0.5) is 0 Å². The Morgan fingerprint density at radius 3 is 1.00 bits per heavy atom. The molecule has 0 spiro atoms. The van der Waals surface area contributed by atoms with Crippen LogP contribution in [0.25, 0.3) is 0 Å². The lowest BCUT2D eigenvalue weighted by atomic mass is 10.0. The lowest BCUT2D eigenvalue weighted by Gasteiger charge is -2.23. The molecule has 328 valence electrons. The molecular formula is C50H99NO4. The molecule has 0 saturated carbocycles. The summed E-state index contributed by atoms with van der Waals surface area (Å²) in [6.45, 7) is 4.24. The summed E-state index contributed by atoms with van der Waals surface area (Å²) >= 11 is 0. The van der Waals surface area contributed by atoms with Crippen LogP contribution in [0.5, 0.6) is 0 Å². The Hall–Kier alpha value is -0.910. The largest absolute Gasteiger partial charge is 0.394 e. The maximum atomic E-state index is 12.5. The molecule has 0 aliphatic heterocycles. The molecule has 1 amide bonds. The molecule has 0 rings (SSSR count). The zero-order valence-electron chi connectivity index (χ0n) is 37.3. The number of amides is 1. The zero-order chi connectivity index (χ0) is 40.1. The first-order valence-corrected chi connectivity index (χ1v) is 25.0. The predicted molar refractivity (Wildman–Crippen MR) is 241 cm³/mol. The standard InChI is InChI=1S/C50H99NO4/c1-3-5-7-9-11-13-15-17-18-19-20-21-22-23-24-25-26-27-28-29-30-31-32-33-35-37-39-41-43-45-49(54)50(55)51-47(46-52)48(53)44-42-40-38-36-34-16-14-12-10-8-6-4-2/h23-24,47-49,52-54H,3-22,25-46H2,1-2H3,(H,51,55)/b24-23-. The summed E-state index contributed by atoms with van der Waals surface area (Å²) in [7, 11) is 0. The van der Waals surface area contributed by atoms with E-state index in [9.17, 15) is 20.1 Å². The minimum Gasteiger partial charge on any atom is -0.394 e. The highest BCUT2D eigenvalue weighted by atomic mass is 16.3. The first-order chi connectivity index (χ1) is 27.1. The molecule has 0 aliphatic rings. The van der Waals surface area contributed by atoms with Crippen molar-refractivity contribution in [2.24, 2.45) is 0 Å². The van der Waals surface area contributed by atoms with Gasteiger partial charge in [0.1, 0.15) is 6.10 Å². The van der Waals surface area contributed by atoms with Gasteiger partial charge in [-0.3, -0.25) is 4.79 Å². The van der Waals surface area contributed by atoms with Crippen molar-refractivity contribution in [1.82, 2.24) is 5.32 Å². The number of carbonyl (C=O) groups is 1. The minimum absolute atomic E-state index is 0.310. The van der Waals surface area contributed by atoms with E-state index in [1.807, 2.05) is 0 Å². The molecule has 5 nitrogen and oxygen atoms in total. The maximum absolute atomic E-state index is 12.5. The van der Waals surface area contributed by atoms with Crippen LogP contribution in [0, 0.1) is 0 Å². The third-order valence-electron chi connectivity index (χ3n) is 11.9. The van der Waals surface area contributed by atoms with Gasteiger partial charge in [-0.2, -0.15) is 0 Å². The van der Waals surface area contributed by atoms with Crippen molar-refractivity contribution in [1.29, 1.82) is 0 Å². The van der Waals surface area contributed by atoms with Crippen molar-refractivity contribution in [3.8, 4) is 0 Å². The third kappa shape index (κ3) is 41.1. The Bertz CT molecular complexity index is 773. The van der Waals surface area contributed by atoms with Crippen LogP contribution < -0.4 is 5.32 Å². The topological polar surface area (TPSA) is 89.8 Å². The van der Waals surface area contributed by atoms with Crippen molar-refractivity contribution in [3.05, 3.63) is 12.2 Å². The van der Waals surface area contributed by atoms with E-state index >= 15 is 0 Å². The molecule has 3 atom stereocenters. The summed E-state index contributed by atoms with van der Waals surface area (Å²) in [5.74, 6) is -0.468. The van der Waals surface area contributed by atoms with Crippen LogP contribution in [-0.2, 0) is 4.79 Å². The normalized spacial score (nSPS) is 13.5. The first kappa shape index (κ1) is 54.1. The van der Waals surface area contributed by atoms with Crippen LogP contribution in [0.3, 0.4) is 0 Å². The summed E-state index contributed by atoms with van der Waals surface area (Å²) in [5.41, 5.74) is 0. The maximum Gasteiger partial charge on any atom is 0.249 e. The van der Waals surface area contributed by atoms with Gasteiger partial charge >= 0.3 is 0 Å². The summed E-state index contributed by atoms with van der Waals surface area (Å²) in [5, 5.41) is 33.3. The van der Waals surface area contributed by atoms with Gasteiger partial charge in [0.15, 0.2) is 0 Å². The molecule has 0 saturated heterocycles. The van der Waals surface area contributed by atoms with E-state index in [2.05, 4.69) is 31.3 Å². The monoisotopic (exact) mass is 778 g/mol. The SMILES string of the molecule is CCCCCCCCCCCCCC/C=C\CCCCCCCCCCCCCCCC(O)C(=O)NC(CO)C(O)CCCCCCCCCCCCCC. The lowest BCUT2D eigenvalue weighted by Crippen LogP contribution is -2.49. The second kappa shape index (κ2) is 45.8. The quantitative estimate of drug-likeness (QED) is 0.0366. The van der Waals surface area contributed by atoms with Gasteiger partial charge in [0, 0.05) is 0 Å². The Kier molecular flexibility index (Phi) is 45.0. The van der Waals surface area contributed by atoms with E-state index in [0.29, 0.717) is 12.8 Å². The van der Waals surface area contributed by atoms with Crippen LogP contribution in [-0.4, -0.2) is 46.1 Å². The number of rotatable bonds is 46. The van der Waals surface area contributed by atoms with E-state index in [1.54, 1.807) is 0 Å². The van der Waals surface area contributed by atoms with E-state index in [1.165, 1.54) is 218 Å². The molecule has 0 aliphatic carbocycles. The fourth-order valence-corrected chi connectivity index (χ4v) is 7.95. The number of unbranched alkanes of at least 4 members (excludes halogenated alkanes) is 36. The molecule has 3 unspecified atom stereocenters. The van der Waals surface area contributed by atoms with Crippen molar-refractivity contribution in [3.63, 3.8) is 0 Å². The molecule has 0 heterocycles. The molecule has 55 heavy (non-hydrogen) atoms. The minimum atomic E-state index is -1.07. The Morgan fingerprint density at radius 1 is 0.418 bits per heavy atom. The fourth-order valence-electron chi connectivity index (χ4n) is 7.95. The van der Waals surface area contributed by atoms with Gasteiger partial charge in [0.25, 0.3) is 0 Å². The number of nitrogens with one attached hydrogen (secondary N) is 1. The second-order valence-electron chi connectivity index (χ2n) is 17.4. The van der Waals surface area contributed by atoms with Gasteiger partial charge < -0.3 is 20.6 Å². The van der Waals surface area contributed by atoms with Crippen LogP contribution >= 0.6 is 0 Å². The number of carbonyl (C=O) groups excluding carboxylic acids is 1. The average molecular weight is 778 g/mol. The number of hydrogen-bond acceptors (Lipinski definition) is 4. The van der Waals surface area contributed by atoms with E-state index in [0.717, 1.165) is 32.1 Å². The Morgan fingerprint density at radius 2 is 0.691 bits per heavy atom. The highest BCUT2D eigenvalue weighted by Gasteiger charge is 2.23. The molecule has 0 fully saturated rings. The summed E-state index contributed by atoms with van der Waals surface area (Å²) < 4.78 is 0.